The molecular weight excluding hydrogens is 244 g/mol. The number of benzene rings is 1. The second kappa shape index (κ2) is 4.93. The number of nitrogens with zero attached hydrogens (tertiary/aromatic N) is 1. The fourth-order valence-electron chi connectivity index (χ4n) is 1.03. The van der Waals surface area contributed by atoms with Gasteiger partial charge in [-0.05, 0) is 19.1 Å². The lowest BCUT2D eigenvalue weighted by Crippen LogP contribution is -2.23. The number of nitriles is 1. The average Bonchev–Trinajstić information content (AvgIpc) is 2.30. The summed E-state index contributed by atoms with van der Waals surface area (Å²) in [5.41, 5.74) is -0.0218. The normalized spacial score (nSPS) is 12.5. The average molecular weight is 256 g/mol. The van der Waals surface area contributed by atoms with Gasteiger partial charge in [0.05, 0.1) is 18.9 Å². The first-order chi connectivity index (χ1) is 7.90. The molecule has 1 aromatic carbocycles. The number of hydrogen-bond acceptors (Lipinski definition) is 5. The van der Waals surface area contributed by atoms with Gasteiger partial charge in [-0.15, -0.1) is 0 Å². The Bertz CT molecular complexity index is 548. The molecule has 0 bridgehead atoms. The Kier molecular flexibility index (Phi) is 3.81. The van der Waals surface area contributed by atoms with E-state index in [4.69, 9.17) is 10.00 Å². The molecule has 0 amide bonds. The van der Waals surface area contributed by atoms with Crippen molar-refractivity contribution in [3.05, 3.63) is 18.2 Å². The molecule has 0 heterocycles. The summed E-state index contributed by atoms with van der Waals surface area (Å²) < 4.78 is 30.2. The van der Waals surface area contributed by atoms with Gasteiger partial charge < -0.3 is 9.84 Å². The van der Waals surface area contributed by atoms with Crippen molar-refractivity contribution in [3.63, 3.8) is 0 Å². The molecule has 0 aromatic heterocycles. The quantitative estimate of drug-likeness (QED) is 0.784. The summed E-state index contributed by atoms with van der Waals surface area (Å²) in [6.45, 7) is 1.25. The van der Waals surface area contributed by atoms with Crippen LogP contribution in [0.15, 0.2) is 18.2 Å². The van der Waals surface area contributed by atoms with Crippen molar-refractivity contribution in [2.75, 3.05) is 11.8 Å². The van der Waals surface area contributed by atoms with E-state index in [9.17, 15) is 13.5 Å². The minimum Gasteiger partial charge on any atom is -0.506 e. The first-order valence-electron chi connectivity index (χ1n) is 4.69. The third-order valence-electron chi connectivity index (χ3n) is 2.10. The van der Waals surface area contributed by atoms with Gasteiger partial charge in [0.1, 0.15) is 11.5 Å². The van der Waals surface area contributed by atoms with Gasteiger partial charge in [-0.3, -0.25) is 4.72 Å². The van der Waals surface area contributed by atoms with Crippen LogP contribution in [-0.2, 0) is 10.0 Å². The molecule has 0 saturated heterocycles. The minimum absolute atomic E-state index is 0.0218. The minimum atomic E-state index is -3.84. The van der Waals surface area contributed by atoms with Crippen LogP contribution in [0.4, 0.5) is 5.69 Å². The molecule has 2 N–H and O–H groups in total. The van der Waals surface area contributed by atoms with Crippen LogP contribution >= 0.6 is 0 Å². The fraction of sp³-hybridized carbons (Fsp3) is 0.300. The molecule has 6 nitrogen and oxygen atoms in total. The van der Waals surface area contributed by atoms with E-state index in [2.05, 4.69) is 4.72 Å². The monoisotopic (exact) mass is 256 g/mol. The topological polar surface area (TPSA) is 99.4 Å². The molecule has 1 atom stereocenters. The van der Waals surface area contributed by atoms with E-state index in [1.165, 1.54) is 32.2 Å². The second-order valence-electron chi connectivity index (χ2n) is 3.30. The molecule has 0 radical (unpaired) electrons. The summed E-state index contributed by atoms with van der Waals surface area (Å²) in [5.74, 6) is 0.157. The van der Waals surface area contributed by atoms with E-state index in [1.54, 1.807) is 6.07 Å². The molecule has 0 aliphatic carbocycles. The number of rotatable bonds is 4. The van der Waals surface area contributed by atoms with Gasteiger partial charge >= 0.3 is 0 Å². The number of anilines is 1. The van der Waals surface area contributed by atoms with E-state index < -0.39 is 15.3 Å². The van der Waals surface area contributed by atoms with Crippen molar-refractivity contribution in [3.8, 4) is 17.6 Å². The van der Waals surface area contributed by atoms with Gasteiger partial charge in [0.25, 0.3) is 0 Å². The van der Waals surface area contributed by atoms with Gasteiger partial charge in [0.15, 0.2) is 5.25 Å². The van der Waals surface area contributed by atoms with Gasteiger partial charge in [-0.1, -0.05) is 0 Å². The molecule has 0 aliphatic rings. The van der Waals surface area contributed by atoms with Gasteiger partial charge in [0.2, 0.25) is 10.0 Å². The highest BCUT2D eigenvalue weighted by molar-refractivity contribution is 7.93. The highest BCUT2D eigenvalue weighted by Crippen LogP contribution is 2.29. The number of nitrogens with one attached hydrogen (secondary N) is 1. The maximum absolute atomic E-state index is 11.6. The SMILES string of the molecule is COc1ccc(O)c(NS(=O)(=O)C(C)C#N)c1. The van der Waals surface area contributed by atoms with Crippen LogP contribution in [0.1, 0.15) is 6.92 Å². The number of ether oxygens (including phenoxy) is 1. The summed E-state index contributed by atoms with van der Waals surface area (Å²) in [4.78, 5) is 0. The fourth-order valence-corrected chi connectivity index (χ4v) is 1.82. The van der Waals surface area contributed by atoms with Crippen LogP contribution in [0.2, 0.25) is 0 Å². The standard InChI is InChI=1S/C10H12N2O4S/c1-7(6-11)17(14,15)12-9-5-8(16-2)3-4-10(9)13/h3-5,7,12-13H,1-2H3. The number of sulfonamides is 1. The molecule has 17 heavy (non-hydrogen) atoms. The predicted octanol–water partition coefficient (Wildman–Crippen LogP) is 1.05. The number of methoxy groups -OCH3 is 1. The number of hydrogen-bond donors (Lipinski definition) is 2. The second-order valence-corrected chi connectivity index (χ2v) is 5.30. The zero-order chi connectivity index (χ0) is 13.1. The largest absolute Gasteiger partial charge is 0.506 e. The number of aromatic hydroxyl groups is 1. The first-order valence-corrected chi connectivity index (χ1v) is 6.23. The number of phenolic OH excluding ortho intramolecular Hbond substituents is 1. The van der Waals surface area contributed by atoms with Crippen molar-refractivity contribution < 1.29 is 18.3 Å². The lowest BCUT2D eigenvalue weighted by Gasteiger charge is -2.11. The van der Waals surface area contributed by atoms with Crippen LogP contribution in [0.3, 0.4) is 0 Å². The molecular formula is C10H12N2O4S. The maximum atomic E-state index is 11.6. The van der Waals surface area contributed by atoms with Gasteiger partial charge in [-0.2, -0.15) is 5.26 Å². The van der Waals surface area contributed by atoms with Crippen LogP contribution in [0, 0.1) is 11.3 Å². The molecule has 0 fully saturated rings. The molecule has 1 rings (SSSR count). The van der Waals surface area contributed by atoms with Crippen molar-refractivity contribution in [1.82, 2.24) is 0 Å². The van der Waals surface area contributed by atoms with Crippen molar-refractivity contribution in [2.45, 2.75) is 12.2 Å². The van der Waals surface area contributed by atoms with Crippen molar-refractivity contribution >= 4 is 15.7 Å². The van der Waals surface area contributed by atoms with E-state index in [-0.39, 0.29) is 11.4 Å². The van der Waals surface area contributed by atoms with E-state index in [1.807, 2.05) is 0 Å². The molecule has 0 spiro atoms. The summed E-state index contributed by atoms with van der Waals surface area (Å²) in [5, 5.41) is 16.8. The Labute approximate surface area is 99.5 Å². The lowest BCUT2D eigenvalue weighted by molar-refractivity contribution is 0.413. The molecule has 1 unspecified atom stereocenters. The van der Waals surface area contributed by atoms with Crippen LogP contribution < -0.4 is 9.46 Å². The predicted molar refractivity (Wildman–Crippen MR) is 62.3 cm³/mol. The van der Waals surface area contributed by atoms with E-state index >= 15 is 0 Å². The Morgan fingerprint density at radius 1 is 1.53 bits per heavy atom. The summed E-state index contributed by atoms with van der Waals surface area (Å²) in [6.07, 6.45) is 0. The zero-order valence-corrected chi connectivity index (χ0v) is 10.2. The highest BCUT2D eigenvalue weighted by atomic mass is 32.2. The summed E-state index contributed by atoms with van der Waals surface area (Å²) >= 11 is 0. The van der Waals surface area contributed by atoms with E-state index in [0.29, 0.717) is 5.75 Å². The van der Waals surface area contributed by atoms with Crippen LogP contribution in [0.5, 0.6) is 11.5 Å². The maximum Gasteiger partial charge on any atom is 0.248 e. The molecule has 0 aliphatic heterocycles. The van der Waals surface area contributed by atoms with Gasteiger partial charge in [0, 0.05) is 6.07 Å². The Hall–Kier alpha value is -1.94. The van der Waals surface area contributed by atoms with Crippen molar-refractivity contribution in [1.29, 1.82) is 5.26 Å². The van der Waals surface area contributed by atoms with E-state index in [0.717, 1.165) is 0 Å². The van der Waals surface area contributed by atoms with Crippen molar-refractivity contribution in [2.24, 2.45) is 0 Å². The highest BCUT2D eigenvalue weighted by Gasteiger charge is 2.21. The Morgan fingerprint density at radius 3 is 2.71 bits per heavy atom. The molecule has 92 valence electrons. The van der Waals surface area contributed by atoms with Crippen LogP contribution in [0.25, 0.3) is 0 Å². The first kappa shape index (κ1) is 13.1. The Balaban J connectivity index is 3.08. The summed E-state index contributed by atoms with van der Waals surface area (Å²) in [7, 11) is -2.42. The third kappa shape index (κ3) is 3.01. The molecule has 7 heteroatoms. The van der Waals surface area contributed by atoms with Gasteiger partial charge in [-0.25, -0.2) is 8.42 Å². The zero-order valence-electron chi connectivity index (χ0n) is 9.34. The molecule has 1 aromatic rings. The lowest BCUT2D eigenvalue weighted by atomic mass is 10.3. The number of phenols is 1. The smallest absolute Gasteiger partial charge is 0.248 e. The third-order valence-corrected chi connectivity index (χ3v) is 3.64. The summed E-state index contributed by atoms with van der Waals surface area (Å²) in [6, 6.07) is 5.73. The Morgan fingerprint density at radius 2 is 2.18 bits per heavy atom. The molecule has 0 saturated carbocycles. The van der Waals surface area contributed by atoms with Crippen LogP contribution in [-0.4, -0.2) is 25.9 Å².